The van der Waals surface area contributed by atoms with E-state index < -0.39 is 0 Å². The fraction of sp³-hybridized carbons (Fsp3) is 0.231. The first kappa shape index (κ1) is 24.0. The van der Waals surface area contributed by atoms with Crippen molar-refractivity contribution in [3.05, 3.63) is 85.4 Å². The Morgan fingerprint density at radius 1 is 1.14 bits per heavy atom. The van der Waals surface area contributed by atoms with Gasteiger partial charge in [0.2, 0.25) is 0 Å². The van der Waals surface area contributed by atoms with Crippen molar-refractivity contribution in [2.75, 3.05) is 5.75 Å². The van der Waals surface area contributed by atoms with Gasteiger partial charge in [0.15, 0.2) is 5.16 Å². The number of benzene rings is 2. The third-order valence-electron chi connectivity index (χ3n) is 5.92. The first-order valence-corrected chi connectivity index (χ1v) is 14.0. The average Bonchev–Trinajstić information content (AvgIpc) is 3.25. The van der Waals surface area contributed by atoms with Gasteiger partial charge in [0.25, 0.3) is 11.5 Å². The van der Waals surface area contributed by atoms with Crippen LogP contribution >= 0.6 is 39.0 Å². The number of nitrogens with one attached hydrogen (secondary N) is 1. The lowest BCUT2D eigenvalue weighted by atomic mass is 9.97. The minimum absolute atomic E-state index is 0.0624. The van der Waals surface area contributed by atoms with Gasteiger partial charge in [0, 0.05) is 9.35 Å². The van der Waals surface area contributed by atoms with Crippen molar-refractivity contribution in [3.8, 4) is 5.69 Å². The number of halogens is 1. The second-order valence-electron chi connectivity index (χ2n) is 8.29. The van der Waals surface area contributed by atoms with E-state index >= 15 is 0 Å². The van der Waals surface area contributed by atoms with Gasteiger partial charge in [-0.25, -0.2) is 10.4 Å². The number of hydrogen-bond donors (Lipinski definition) is 1. The number of carbonyl (C=O) groups is 1. The van der Waals surface area contributed by atoms with Crippen LogP contribution in [0.3, 0.4) is 0 Å². The van der Waals surface area contributed by atoms with Crippen LogP contribution in [0.25, 0.3) is 15.9 Å². The van der Waals surface area contributed by atoms with Crippen LogP contribution in [0, 0.1) is 0 Å². The third-order valence-corrected chi connectivity index (χ3v) is 8.57. The molecule has 1 aliphatic carbocycles. The SMILES string of the molecule is C/C(=N\NC(=O)CSc1nc2sc3c(c2c(=O)n1-c1ccccc1)CCCC3)c1ccc(Br)cc1. The molecular weight excluding hydrogens is 544 g/mol. The summed E-state index contributed by atoms with van der Waals surface area (Å²) >= 11 is 6.28. The molecule has 6 nitrogen and oxygen atoms in total. The Balaban J connectivity index is 1.42. The number of hydrazone groups is 1. The Labute approximate surface area is 219 Å². The number of rotatable bonds is 6. The van der Waals surface area contributed by atoms with E-state index in [1.165, 1.54) is 16.6 Å². The number of aryl methyl sites for hydroxylation is 2. The van der Waals surface area contributed by atoms with Gasteiger partial charge in [0.1, 0.15) is 4.83 Å². The molecule has 1 amide bonds. The van der Waals surface area contributed by atoms with Gasteiger partial charge in [0.05, 0.1) is 22.5 Å². The van der Waals surface area contributed by atoms with Crippen LogP contribution in [0.2, 0.25) is 0 Å². The van der Waals surface area contributed by atoms with Crippen molar-refractivity contribution < 1.29 is 4.79 Å². The topological polar surface area (TPSA) is 76.3 Å². The lowest BCUT2D eigenvalue weighted by molar-refractivity contribution is -0.118. The lowest BCUT2D eigenvalue weighted by Crippen LogP contribution is -2.24. The number of amides is 1. The maximum Gasteiger partial charge on any atom is 0.267 e. The Morgan fingerprint density at radius 2 is 1.89 bits per heavy atom. The maximum absolute atomic E-state index is 13.7. The average molecular weight is 568 g/mol. The highest BCUT2D eigenvalue weighted by molar-refractivity contribution is 9.10. The maximum atomic E-state index is 13.7. The largest absolute Gasteiger partial charge is 0.272 e. The van der Waals surface area contributed by atoms with Crippen molar-refractivity contribution in [2.45, 2.75) is 37.8 Å². The van der Waals surface area contributed by atoms with Crippen LogP contribution in [0.1, 0.15) is 35.8 Å². The predicted octanol–water partition coefficient (Wildman–Crippen LogP) is 5.72. The van der Waals surface area contributed by atoms with Crippen LogP contribution in [-0.2, 0) is 17.6 Å². The molecule has 178 valence electrons. The second kappa shape index (κ2) is 10.5. The third kappa shape index (κ3) is 5.12. The summed E-state index contributed by atoms with van der Waals surface area (Å²) in [5.74, 6) is -0.168. The second-order valence-corrected chi connectivity index (χ2v) is 11.2. The van der Waals surface area contributed by atoms with Crippen LogP contribution in [0.4, 0.5) is 0 Å². The minimum Gasteiger partial charge on any atom is -0.272 e. The highest BCUT2D eigenvalue weighted by atomic mass is 79.9. The summed E-state index contributed by atoms with van der Waals surface area (Å²) in [6, 6.07) is 17.2. The number of carbonyl (C=O) groups excluding carboxylic acids is 1. The molecule has 0 aliphatic heterocycles. The normalized spacial score (nSPS) is 13.6. The Kier molecular flexibility index (Phi) is 7.17. The van der Waals surface area contributed by atoms with Gasteiger partial charge < -0.3 is 0 Å². The van der Waals surface area contributed by atoms with E-state index in [-0.39, 0.29) is 17.2 Å². The molecule has 0 saturated heterocycles. The number of thioether (sulfide) groups is 1. The summed E-state index contributed by atoms with van der Waals surface area (Å²) in [6.07, 6.45) is 4.17. The summed E-state index contributed by atoms with van der Waals surface area (Å²) in [5, 5.41) is 5.47. The molecule has 2 heterocycles. The molecule has 4 aromatic rings. The molecule has 2 aromatic heterocycles. The van der Waals surface area contributed by atoms with Crippen molar-refractivity contribution in [1.82, 2.24) is 15.0 Å². The molecule has 0 spiro atoms. The van der Waals surface area contributed by atoms with E-state index in [1.54, 1.807) is 15.9 Å². The molecule has 0 bridgehead atoms. The van der Waals surface area contributed by atoms with E-state index in [1.807, 2.05) is 61.5 Å². The van der Waals surface area contributed by atoms with Crippen LogP contribution in [0.5, 0.6) is 0 Å². The first-order valence-electron chi connectivity index (χ1n) is 11.4. The zero-order valence-corrected chi connectivity index (χ0v) is 22.3. The van der Waals surface area contributed by atoms with E-state index in [0.29, 0.717) is 10.9 Å². The zero-order valence-electron chi connectivity index (χ0n) is 19.1. The molecule has 0 radical (unpaired) electrons. The van der Waals surface area contributed by atoms with Gasteiger partial charge in [-0.15, -0.1) is 11.3 Å². The molecular formula is C26H23BrN4O2S2. The zero-order chi connectivity index (χ0) is 24.4. The smallest absolute Gasteiger partial charge is 0.267 e. The molecule has 0 atom stereocenters. The molecule has 2 aromatic carbocycles. The lowest BCUT2D eigenvalue weighted by Gasteiger charge is -2.13. The molecule has 1 aliphatic rings. The van der Waals surface area contributed by atoms with Crippen molar-refractivity contribution >= 4 is 60.9 Å². The van der Waals surface area contributed by atoms with Crippen LogP contribution in [0.15, 0.2) is 74.1 Å². The molecule has 0 saturated carbocycles. The number of fused-ring (bicyclic) bond motifs is 3. The Hall–Kier alpha value is -2.75. The van der Waals surface area contributed by atoms with Crippen LogP contribution in [-0.4, -0.2) is 26.9 Å². The van der Waals surface area contributed by atoms with Crippen molar-refractivity contribution in [1.29, 1.82) is 0 Å². The molecule has 0 unspecified atom stereocenters. The number of aromatic nitrogens is 2. The molecule has 9 heteroatoms. The molecule has 5 rings (SSSR count). The fourth-order valence-corrected chi connectivity index (χ4v) is 6.52. The highest BCUT2D eigenvalue weighted by Crippen LogP contribution is 2.35. The van der Waals surface area contributed by atoms with E-state index in [9.17, 15) is 9.59 Å². The summed E-state index contributed by atoms with van der Waals surface area (Å²) in [7, 11) is 0. The monoisotopic (exact) mass is 566 g/mol. The number of nitrogens with zero attached hydrogens (tertiary/aromatic N) is 3. The summed E-state index contributed by atoms with van der Waals surface area (Å²) in [5.41, 5.74) is 6.09. The van der Waals surface area contributed by atoms with Gasteiger partial charge in [-0.05, 0) is 68.0 Å². The van der Waals surface area contributed by atoms with E-state index in [4.69, 9.17) is 4.98 Å². The van der Waals surface area contributed by atoms with Crippen molar-refractivity contribution in [2.24, 2.45) is 5.10 Å². The van der Waals surface area contributed by atoms with Gasteiger partial charge in [-0.2, -0.15) is 5.10 Å². The standard InChI is InChI=1S/C26H23BrN4O2S2/c1-16(17-11-13-18(27)14-12-17)29-30-22(32)15-34-26-28-24-23(20-9-5-6-10-21(20)35-24)25(33)31(26)19-7-3-2-4-8-19/h2-4,7-8,11-14H,5-6,9-10,15H2,1H3,(H,30,32)/b29-16+. The number of thiophene rings is 1. The van der Waals surface area contributed by atoms with Gasteiger partial charge in [-0.3, -0.25) is 14.2 Å². The van der Waals surface area contributed by atoms with Crippen LogP contribution < -0.4 is 11.0 Å². The molecule has 0 fully saturated rings. The molecule has 1 N–H and O–H groups in total. The van der Waals surface area contributed by atoms with Gasteiger partial charge >= 0.3 is 0 Å². The van der Waals surface area contributed by atoms with E-state index in [0.717, 1.165) is 57.2 Å². The predicted molar refractivity (Wildman–Crippen MR) is 147 cm³/mol. The summed E-state index contributed by atoms with van der Waals surface area (Å²) in [6.45, 7) is 1.85. The highest BCUT2D eigenvalue weighted by Gasteiger charge is 2.23. The summed E-state index contributed by atoms with van der Waals surface area (Å²) in [4.78, 5) is 33.2. The first-order chi connectivity index (χ1) is 17.0. The number of para-hydroxylation sites is 1. The number of hydrogen-bond acceptors (Lipinski definition) is 6. The van der Waals surface area contributed by atoms with Crippen molar-refractivity contribution in [3.63, 3.8) is 0 Å². The molecule has 35 heavy (non-hydrogen) atoms. The minimum atomic E-state index is -0.258. The van der Waals surface area contributed by atoms with Gasteiger partial charge in [-0.1, -0.05) is 58.0 Å². The van der Waals surface area contributed by atoms with E-state index in [2.05, 4.69) is 26.5 Å². The fourth-order valence-electron chi connectivity index (χ4n) is 4.15. The Bertz CT molecular complexity index is 1480. The summed E-state index contributed by atoms with van der Waals surface area (Å²) < 4.78 is 2.62. The quantitative estimate of drug-likeness (QED) is 0.140. The Morgan fingerprint density at radius 3 is 2.66 bits per heavy atom.